The fraction of sp³-hybridized carbons (Fsp3) is 0.0741. The van der Waals surface area contributed by atoms with E-state index in [1.165, 1.54) is 15.0 Å². The zero-order valence-electron chi connectivity index (χ0n) is 17.9. The molecule has 34 heavy (non-hydrogen) atoms. The van der Waals surface area contributed by atoms with E-state index in [1.807, 2.05) is 23.7 Å². The number of hydrogen-bond donors (Lipinski definition) is 0. The van der Waals surface area contributed by atoms with Gasteiger partial charge in [0.05, 0.1) is 16.7 Å². The van der Waals surface area contributed by atoms with Gasteiger partial charge in [0, 0.05) is 42.0 Å². The largest absolute Gasteiger partial charge is 0.284 e. The van der Waals surface area contributed by atoms with E-state index < -0.39 is 0 Å². The Bertz CT molecular complexity index is 1680. The number of hydrogen-bond acceptors (Lipinski definition) is 5. The molecule has 0 amide bonds. The maximum atomic E-state index is 5.16. The summed E-state index contributed by atoms with van der Waals surface area (Å²) in [6.45, 7) is 0. The number of thiophene rings is 1. The van der Waals surface area contributed by atoms with Crippen LogP contribution in [0, 0.1) is 6.07 Å². The quantitative estimate of drug-likeness (QED) is 0.189. The van der Waals surface area contributed by atoms with Crippen LogP contribution in [0.3, 0.4) is 0 Å². The van der Waals surface area contributed by atoms with Gasteiger partial charge in [-0.15, -0.1) is 58.6 Å². The van der Waals surface area contributed by atoms with Crippen molar-refractivity contribution in [1.82, 2.24) is 14.5 Å². The Kier molecular flexibility index (Phi) is 5.50. The van der Waals surface area contributed by atoms with Gasteiger partial charge < -0.3 is 0 Å². The van der Waals surface area contributed by atoms with Crippen LogP contribution in [-0.4, -0.2) is 20.2 Å². The number of pyridine rings is 1. The number of nitrogens with zero attached hydrogens (tertiary/aromatic N) is 4. The van der Waals surface area contributed by atoms with Crippen LogP contribution in [0.25, 0.3) is 37.5 Å². The molecule has 0 aliphatic carbocycles. The van der Waals surface area contributed by atoms with Crippen LogP contribution in [0.5, 0.6) is 0 Å². The van der Waals surface area contributed by atoms with Crippen molar-refractivity contribution in [3.8, 4) is 17.1 Å². The molecule has 0 fully saturated rings. The van der Waals surface area contributed by atoms with Gasteiger partial charge in [0.15, 0.2) is 0 Å². The molecule has 0 atom stereocenters. The SMILES string of the molecule is [Ir].[c-]1ccccc1C1=Nc2c(c3ccccc3n2-c2cccc(-c3csc4scnc34)n2)CC1. The molecule has 7 heteroatoms. The molecule has 1 aliphatic rings. The van der Waals surface area contributed by atoms with E-state index in [1.54, 1.807) is 22.7 Å². The summed E-state index contributed by atoms with van der Waals surface area (Å²) in [6, 6.07) is 26.2. The second-order valence-electron chi connectivity index (χ2n) is 8.01. The van der Waals surface area contributed by atoms with Gasteiger partial charge in [-0.2, -0.15) is 0 Å². The minimum atomic E-state index is 0. The summed E-state index contributed by atoms with van der Waals surface area (Å²) in [4.78, 5) is 14.8. The van der Waals surface area contributed by atoms with E-state index in [9.17, 15) is 0 Å². The number of thiazole rings is 1. The molecule has 0 N–H and O–H groups in total. The Morgan fingerprint density at radius 1 is 0.912 bits per heavy atom. The number of rotatable bonds is 3. The second-order valence-corrected chi connectivity index (χ2v) is 10.0. The maximum Gasteiger partial charge on any atom is 0.139 e. The number of aliphatic imine (C=N–C) groups is 1. The van der Waals surface area contributed by atoms with Crippen LogP contribution in [0.15, 0.2) is 82.6 Å². The van der Waals surface area contributed by atoms with E-state index in [4.69, 9.17) is 9.98 Å². The van der Waals surface area contributed by atoms with Crippen molar-refractivity contribution in [1.29, 1.82) is 0 Å². The van der Waals surface area contributed by atoms with Crippen molar-refractivity contribution in [3.05, 3.63) is 94.8 Å². The number of aryl methyl sites for hydroxylation is 1. The standard InChI is InChI=1S/C27H17N4S2.Ir/c1-2-7-17(8-3-1)21-14-13-19-18-9-4-5-11-23(18)31(26(19)30-21)24-12-6-10-22(29-24)20-15-32-27-25(20)28-16-33-27;/h1-7,9-12,15-16H,13-14H2;/q-1;. The first-order valence-electron chi connectivity index (χ1n) is 10.8. The van der Waals surface area contributed by atoms with Crippen molar-refractivity contribution < 1.29 is 20.1 Å². The Hall–Kier alpha value is -2.96. The molecule has 2 aromatic carbocycles. The van der Waals surface area contributed by atoms with E-state index >= 15 is 0 Å². The first kappa shape index (κ1) is 21.6. The minimum Gasteiger partial charge on any atom is -0.284 e. The third kappa shape index (κ3) is 3.39. The summed E-state index contributed by atoms with van der Waals surface area (Å²) in [5, 5.41) is 3.40. The fourth-order valence-electron chi connectivity index (χ4n) is 4.63. The van der Waals surface area contributed by atoms with Crippen LogP contribution < -0.4 is 0 Å². The van der Waals surface area contributed by atoms with Gasteiger partial charge in [0.1, 0.15) is 21.2 Å². The molecule has 1 aliphatic heterocycles. The van der Waals surface area contributed by atoms with Gasteiger partial charge in [0.25, 0.3) is 0 Å². The van der Waals surface area contributed by atoms with E-state index in [0.717, 1.165) is 58.0 Å². The van der Waals surface area contributed by atoms with Crippen molar-refractivity contribution in [2.75, 3.05) is 0 Å². The smallest absolute Gasteiger partial charge is 0.139 e. The van der Waals surface area contributed by atoms with Crippen LogP contribution in [0.4, 0.5) is 5.82 Å². The molecule has 6 aromatic rings. The van der Waals surface area contributed by atoms with Crippen molar-refractivity contribution in [3.63, 3.8) is 0 Å². The average Bonchev–Trinajstić information content (AvgIpc) is 3.57. The molecule has 0 saturated carbocycles. The van der Waals surface area contributed by atoms with E-state index in [2.05, 4.69) is 69.5 Å². The predicted molar refractivity (Wildman–Crippen MR) is 137 cm³/mol. The number of para-hydroxylation sites is 1. The molecule has 7 rings (SSSR count). The topological polar surface area (TPSA) is 43.1 Å². The molecule has 1 radical (unpaired) electrons. The van der Waals surface area contributed by atoms with Gasteiger partial charge in [-0.25, -0.2) is 9.97 Å². The summed E-state index contributed by atoms with van der Waals surface area (Å²) in [7, 11) is 0. The third-order valence-electron chi connectivity index (χ3n) is 6.14. The van der Waals surface area contributed by atoms with Crippen LogP contribution in [0.1, 0.15) is 17.5 Å². The monoisotopic (exact) mass is 654 g/mol. The van der Waals surface area contributed by atoms with Crippen molar-refractivity contribution in [2.24, 2.45) is 4.99 Å². The molecule has 0 spiro atoms. The zero-order chi connectivity index (χ0) is 21.8. The number of benzene rings is 2. The Balaban J connectivity index is 0.00000217. The van der Waals surface area contributed by atoms with Crippen LogP contribution in [-0.2, 0) is 26.5 Å². The number of aromatic nitrogens is 3. The van der Waals surface area contributed by atoms with Gasteiger partial charge >= 0.3 is 0 Å². The van der Waals surface area contributed by atoms with Crippen molar-refractivity contribution >= 4 is 54.6 Å². The molecule has 0 bridgehead atoms. The molecular weight excluding hydrogens is 637 g/mol. The first-order valence-corrected chi connectivity index (χ1v) is 12.6. The van der Waals surface area contributed by atoms with Crippen LogP contribution in [0.2, 0.25) is 0 Å². The predicted octanol–water partition coefficient (Wildman–Crippen LogP) is 7.23. The van der Waals surface area contributed by atoms with E-state index in [0.29, 0.717) is 0 Å². The molecule has 5 heterocycles. The zero-order valence-corrected chi connectivity index (χ0v) is 21.9. The summed E-state index contributed by atoms with van der Waals surface area (Å²) in [6.07, 6.45) is 1.86. The molecule has 4 aromatic heterocycles. The Morgan fingerprint density at radius 3 is 2.74 bits per heavy atom. The van der Waals surface area contributed by atoms with E-state index in [-0.39, 0.29) is 20.1 Å². The Morgan fingerprint density at radius 2 is 1.82 bits per heavy atom. The first-order chi connectivity index (χ1) is 16.4. The van der Waals surface area contributed by atoms with Gasteiger partial charge in [-0.05, 0) is 36.8 Å². The third-order valence-corrected chi connectivity index (χ3v) is 8.09. The normalized spacial score (nSPS) is 13.0. The van der Waals surface area contributed by atoms with Crippen molar-refractivity contribution in [2.45, 2.75) is 12.8 Å². The maximum absolute atomic E-state index is 5.16. The summed E-state index contributed by atoms with van der Waals surface area (Å²) in [5.41, 5.74) is 9.53. The van der Waals surface area contributed by atoms with Crippen LogP contribution >= 0.6 is 22.7 Å². The number of fused-ring (bicyclic) bond motifs is 4. The second kappa shape index (κ2) is 8.67. The molecular formula is C27H17IrN4S2-. The molecule has 4 nitrogen and oxygen atoms in total. The summed E-state index contributed by atoms with van der Waals surface area (Å²) in [5.74, 6) is 1.85. The fourth-order valence-corrected chi connectivity index (χ4v) is 6.39. The average molecular weight is 654 g/mol. The molecule has 0 saturated heterocycles. The Labute approximate surface area is 218 Å². The minimum absolute atomic E-state index is 0. The van der Waals surface area contributed by atoms with Gasteiger partial charge in [-0.1, -0.05) is 24.3 Å². The summed E-state index contributed by atoms with van der Waals surface area (Å²) < 4.78 is 3.44. The molecule has 167 valence electrons. The molecule has 0 unspecified atom stereocenters. The van der Waals surface area contributed by atoms with Gasteiger partial charge in [0.2, 0.25) is 0 Å². The summed E-state index contributed by atoms with van der Waals surface area (Å²) >= 11 is 3.40. The van der Waals surface area contributed by atoms with Gasteiger partial charge in [-0.3, -0.25) is 9.56 Å².